The zero-order valence-electron chi connectivity index (χ0n) is 16.6. The minimum atomic E-state index is -1.60. The molecule has 0 saturated carbocycles. The fourth-order valence-corrected chi connectivity index (χ4v) is 3.82. The van der Waals surface area contributed by atoms with Crippen molar-refractivity contribution in [1.82, 2.24) is 0 Å². The normalized spacial score (nSPS) is 11.2. The quantitative estimate of drug-likeness (QED) is 0.379. The van der Waals surface area contributed by atoms with Crippen molar-refractivity contribution >= 4 is 34.0 Å². The molecule has 0 aliphatic carbocycles. The third-order valence-corrected chi connectivity index (χ3v) is 5.44. The number of rotatable bonds is 9. The smallest absolute Gasteiger partial charge is 0.327 e. The van der Waals surface area contributed by atoms with E-state index >= 15 is 0 Å². The highest BCUT2D eigenvalue weighted by atomic mass is 32.1. The van der Waals surface area contributed by atoms with Crippen LogP contribution in [0.3, 0.4) is 0 Å². The van der Waals surface area contributed by atoms with Crippen molar-refractivity contribution < 1.29 is 23.8 Å². The number of hydrogen-bond donors (Lipinski definition) is 0. The first-order valence-electron chi connectivity index (χ1n) is 9.58. The second kappa shape index (κ2) is 9.56. The molecule has 1 aromatic heterocycles. The molecule has 3 rings (SSSR count). The molecule has 0 N–H and O–H groups in total. The third-order valence-electron chi connectivity index (χ3n) is 4.66. The van der Waals surface area contributed by atoms with Crippen molar-refractivity contribution in [3.8, 4) is 5.06 Å². The van der Waals surface area contributed by atoms with Crippen LogP contribution in [0, 0.1) is 5.41 Å². The summed E-state index contributed by atoms with van der Waals surface area (Å²) >= 11 is 1.40. The molecule has 0 fully saturated rings. The molecule has 0 bridgehead atoms. The van der Waals surface area contributed by atoms with E-state index in [1.807, 2.05) is 53.9 Å². The Balaban J connectivity index is 2.05. The minimum Gasteiger partial charge on any atom is -0.482 e. The average molecular weight is 413 g/mol. The Morgan fingerprint density at radius 3 is 2.24 bits per heavy atom. The van der Waals surface area contributed by atoms with Gasteiger partial charge in [0.05, 0.1) is 13.2 Å². The first kappa shape index (κ1) is 20.9. The van der Waals surface area contributed by atoms with Crippen molar-refractivity contribution in [1.29, 1.82) is 0 Å². The predicted octanol–water partition coefficient (Wildman–Crippen LogP) is 4.64. The molecular weight excluding hydrogens is 388 g/mol. The van der Waals surface area contributed by atoms with Gasteiger partial charge in [-0.1, -0.05) is 42.5 Å². The molecular formula is C23H24O5S. The van der Waals surface area contributed by atoms with Crippen LogP contribution in [0.4, 0.5) is 0 Å². The molecule has 0 spiro atoms. The van der Waals surface area contributed by atoms with Gasteiger partial charge in [-0.25, -0.2) is 0 Å². The van der Waals surface area contributed by atoms with Crippen LogP contribution < -0.4 is 4.74 Å². The lowest BCUT2D eigenvalue weighted by Gasteiger charge is -2.29. The summed E-state index contributed by atoms with van der Waals surface area (Å²) in [6.45, 7) is 3.59. The monoisotopic (exact) mass is 412 g/mol. The average Bonchev–Trinajstić information content (AvgIpc) is 3.25. The van der Waals surface area contributed by atoms with Gasteiger partial charge in [-0.05, 0) is 47.7 Å². The molecule has 1 heterocycles. The van der Waals surface area contributed by atoms with Gasteiger partial charge in [0.1, 0.15) is 6.61 Å². The SMILES string of the molecule is CCOC(=O)C(COc1cccs1)(Cc1cccc2ccccc12)C(=O)OCC. The largest absolute Gasteiger partial charge is 0.482 e. The molecule has 2 aromatic carbocycles. The highest BCUT2D eigenvalue weighted by molar-refractivity contribution is 7.11. The van der Waals surface area contributed by atoms with Gasteiger partial charge in [0, 0.05) is 6.42 Å². The second-order valence-corrected chi connectivity index (χ2v) is 7.47. The van der Waals surface area contributed by atoms with E-state index in [1.165, 1.54) is 11.3 Å². The fourth-order valence-electron chi connectivity index (χ4n) is 3.25. The van der Waals surface area contributed by atoms with Crippen molar-refractivity contribution in [2.75, 3.05) is 19.8 Å². The Morgan fingerprint density at radius 1 is 0.897 bits per heavy atom. The van der Waals surface area contributed by atoms with E-state index < -0.39 is 17.4 Å². The van der Waals surface area contributed by atoms with Crippen molar-refractivity contribution in [3.63, 3.8) is 0 Å². The molecule has 3 aromatic rings. The Labute approximate surface area is 174 Å². The minimum absolute atomic E-state index is 0.122. The van der Waals surface area contributed by atoms with Crippen LogP contribution in [0.15, 0.2) is 60.0 Å². The van der Waals surface area contributed by atoms with Crippen molar-refractivity contribution in [2.45, 2.75) is 20.3 Å². The van der Waals surface area contributed by atoms with Gasteiger partial charge in [0.15, 0.2) is 5.06 Å². The van der Waals surface area contributed by atoms with Gasteiger partial charge in [-0.15, -0.1) is 11.3 Å². The third kappa shape index (κ3) is 4.59. The Bertz CT molecular complexity index is 941. The molecule has 0 radical (unpaired) electrons. The lowest BCUT2D eigenvalue weighted by molar-refractivity contribution is -0.174. The van der Waals surface area contributed by atoms with Crippen LogP contribution in [0.25, 0.3) is 10.8 Å². The molecule has 152 valence electrons. The lowest BCUT2D eigenvalue weighted by atomic mass is 9.80. The zero-order chi connectivity index (χ0) is 20.7. The standard InChI is InChI=1S/C23H24O5S/c1-3-26-21(24)23(22(25)27-4-2,16-28-20-13-8-14-29-20)15-18-11-7-10-17-9-5-6-12-19(17)18/h5-14H,3-4,15-16H2,1-2H3. The summed E-state index contributed by atoms with van der Waals surface area (Å²) < 4.78 is 16.5. The maximum atomic E-state index is 13.1. The van der Waals surface area contributed by atoms with E-state index in [0.717, 1.165) is 16.3 Å². The topological polar surface area (TPSA) is 61.8 Å². The van der Waals surface area contributed by atoms with E-state index in [4.69, 9.17) is 14.2 Å². The van der Waals surface area contributed by atoms with Crippen LogP contribution in [0.2, 0.25) is 0 Å². The zero-order valence-corrected chi connectivity index (χ0v) is 17.4. The molecule has 0 saturated heterocycles. The van der Waals surface area contributed by atoms with Crippen LogP contribution in [0.5, 0.6) is 5.06 Å². The summed E-state index contributed by atoms with van der Waals surface area (Å²) in [5.74, 6) is -1.27. The van der Waals surface area contributed by atoms with Gasteiger partial charge in [0.25, 0.3) is 0 Å². The summed E-state index contributed by atoms with van der Waals surface area (Å²) in [6.07, 6.45) is 0.122. The van der Waals surface area contributed by atoms with Gasteiger partial charge < -0.3 is 14.2 Å². The van der Waals surface area contributed by atoms with Gasteiger partial charge >= 0.3 is 11.9 Å². The summed E-state index contributed by atoms with van der Waals surface area (Å²) in [6, 6.07) is 17.3. The molecule has 0 unspecified atom stereocenters. The molecule has 0 atom stereocenters. The number of benzene rings is 2. The summed E-state index contributed by atoms with van der Waals surface area (Å²) in [7, 11) is 0. The van der Waals surface area contributed by atoms with E-state index in [0.29, 0.717) is 5.06 Å². The van der Waals surface area contributed by atoms with Gasteiger partial charge in [0.2, 0.25) is 5.41 Å². The highest BCUT2D eigenvalue weighted by Crippen LogP contribution is 2.33. The Morgan fingerprint density at radius 2 is 1.59 bits per heavy atom. The van der Waals surface area contributed by atoms with Gasteiger partial charge in [-0.3, -0.25) is 9.59 Å². The van der Waals surface area contributed by atoms with E-state index in [-0.39, 0.29) is 26.2 Å². The number of esters is 2. The molecule has 6 heteroatoms. The van der Waals surface area contributed by atoms with Gasteiger partial charge in [-0.2, -0.15) is 0 Å². The number of hydrogen-bond acceptors (Lipinski definition) is 6. The van der Waals surface area contributed by atoms with Crippen molar-refractivity contribution in [3.05, 3.63) is 65.5 Å². The number of carbonyl (C=O) groups excluding carboxylic acids is 2. The molecule has 0 amide bonds. The maximum absolute atomic E-state index is 13.1. The van der Waals surface area contributed by atoms with Crippen LogP contribution >= 0.6 is 11.3 Å². The maximum Gasteiger partial charge on any atom is 0.327 e. The first-order valence-corrected chi connectivity index (χ1v) is 10.5. The lowest BCUT2D eigenvalue weighted by Crippen LogP contribution is -2.48. The number of thiophene rings is 1. The highest BCUT2D eigenvalue weighted by Gasteiger charge is 2.50. The van der Waals surface area contributed by atoms with Crippen molar-refractivity contribution in [2.24, 2.45) is 5.41 Å². The Kier molecular flexibility index (Phi) is 6.88. The van der Waals surface area contributed by atoms with E-state index in [2.05, 4.69) is 0 Å². The summed E-state index contributed by atoms with van der Waals surface area (Å²) in [5.41, 5.74) is -0.737. The van der Waals surface area contributed by atoms with Crippen LogP contribution in [0.1, 0.15) is 19.4 Å². The molecule has 0 aliphatic heterocycles. The molecule has 0 aliphatic rings. The fraction of sp³-hybridized carbons (Fsp3) is 0.304. The predicted molar refractivity (Wildman–Crippen MR) is 113 cm³/mol. The number of carbonyl (C=O) groups is 2. The summed E-state index contributed by atoms with van der Waals surface area (Å²) in [4.78, 5) is 26.2. The number of fused-ring (bicyclic) bond motifs is 1. The number of ether oxygens (including phenoxy) is 3. The second-order valence-electron chi connectivity index (χ2n) is 6.56. The van der Waals surface area contributed by atoms with Crippen LogP contribution in [-0.2, 0) is 25.5 Å². The first-order chi connectivity index (χ1) is 14.1. The van der Waals surface area contributed by atoms with Crippen LogP contribution in [-0.4, -0.2) is 31.8 Å². The van der Waals surface area contributed by atoms with E-state index in [9.17, 15) is 9.59 Å². The Hall–Kier alpha value is -2.86. The molecule has 5 nitrogen and oxygen atoms in total. The summed E-state index contributed by atoms with van der Waals surface area (Å²) in [5, 5.41) is 4.51. The van der Waals surface area contributed by atoms with E-state index in [1.54, 1.807) is 19.9 Å². The molecule has 29 heavy (non-hydrogen) atoms.